The number of hydrogen-bond donors (Lipinski definition) is 1. The van der Waals surface area contributed by atoms with Crippen LogP contribution in [0.15, 0.2) is 60.9 Å². The fourth-order valence-electron chi connectivity index (χ4n) is 3.66. The molecule has 0 bridgehead atoms. The van der Waals surface area contributed by atoms with Gasteiger partial charge in [-0.2, -0.15) is 11.8 Å². The van der Waals surface area contributed by atoms with Crippen LogP contribution < -0.4 is 5.32 Å². The summed E-state index contributed by atoms with van der Waals surface area (Å²) in [6.07, 6.45) is 1.72. The van der Waals surface area contributed by atoms with Gasteiger partial charge in [-0.1, -0.05) is 42.5 Å². The van der Waals surface area contributed by atoms with E-state index in [2.05, 4.69) is 27.3 Å². The van der Waals surface area contributed by atoms with Crippen LogP contribution in [0.25, 0.3) is 11.4 Å². The Morgan fingerprint density at radius 2 is 1.93 bits per heavy atom. The van der Waals surface area contributed by atoms with Crippen LogP contribution in [-0.4, -0.2) is 50.2 Å². The van der Waals surface area contributed by atoms with Crippen molar-refractivity contribution in [3.05, 3.63) is 66.5 Å². The monoisotopic (exact) mass is 407 g/mol. The Bertz CT molecular complexity index is 953. The van der Waals surface area contributed by atoms with Gasteiger partial charge < -0.3 is 9.88 Å². The maximum Gasteiger partial charge on any atom is 0.246 e. The van der Waals surface area contributed by atoms with Crippen molar-refractivity contribution in [2.75, 3.05) is 29.9 Å². The molecule has 0 aliphatic carbocycles. The van der Waals surface area contributed by atoms with Crippen molar-refractivity contribution in [3.8, 4) is 11.4 Å². The van der Waals surface area contributed by atoms with Crippen molar-refractivity contribution in [2.45, 2.75) is 19.5 Å². The van der Waals surface area contributed by atoms with E-state index in [0.29, 0.717) is 0 Å². The molecule has 0 spiro atoms. The third kappa shape index (κ3) is 4.52. The first-order valence-electron chi connectivity index (χ1n) is 9.92. The lowest BCUT2D eigenvalue weighted by Crippen LogP contribution is -2.41. The summed E-state index contributed by atoms with van der Waals surface area (Å²) in [4.78, 5) is 15.6. The zero-order valence-corrected chi connectivity index (χ0v) is 17.3. The maximum atomic E-state index is 13.3. The Kier molecular flexibility index (Phi) is 6.27. The van der Waals surface area contributed by atoms with E-state index >= 15 is 0 Å². The highest BCUT2D eigenvalue weighted by molar-refractivity contribution is 7.99. The van der Waals surface area contributed by atoms with Crippen molar-refractivity contribution < 1.29 is 4.79 Å². The van der Waals surface area contributed by atoms with E-state index in [1.165, 1.54) is 0 Å². The molecule has 2 aromatic carbocycles. The summed E-state index contributed by atoms with van der Waals surface area (Å²) in [5, 5.41) is 11.4. The fraction of sp³-hybridized carbons (Fsp3) is 0.318. The van der Waals surface area contributed by atoms with Crippen LogP contribution >= 0.6 is 11.8 Å². The summed E-state index contributed by atoms with van der Waals surface area (Å²) in [5.74, 6) is 2.91. The molecule has 1 aliphatic rings. The quantitative estimate of drug-likeness (QED) is 0.675. The molecule has 0 radical (unpaired) electrons. The summed E-state index contributed by atoms with van der Waals surface area (Å²) >= 11 is 1.94. The van der Waals surface area contributed by atoms with E-state index in [1.54, 1.807) is 6.33 Å². The minimum Gasteiger partial charge on any atom is -0.324 e. The van der Waals surface area contributed by atoms with Gasteiger partial charge in [0.2, 0.25) is 5.91 Å². The molecule has 3 aromatic rings. The molecule has 1 amide bonds. The Balaban J connectivity index is 1.58. The standard InChI is InChI=1S/C22H25N5OS/c1-2-26-16-23-25-21(26)18-9-6-10-19(15-18)24-22(28)20(17-7-4-3-5-8-17)27-11-13-29-14-12-27/h3-10,15-16,20H,2,11-14H2,1H3,(H,24,28)/t20-/m0/s1. The first-order chi connectivity index (χ1) is 14.3. The van der Waals surface area contributed by atoms with Gasteiger partial charge in [0.25, 0.3) is 0 Å². The van der Waals surface area contributed by atoms with Gasteiger partial charge in [0.05, 0.1) is 0 Å². The average molecular weight is 408 g/mol. The highest BCUT2D eigenvalue weighted by atomic mass is 32.2. The molecule has 2 heterocycles. The highest BCUT2D eigenvalue weighted by Crippen LogP contribution is 2.27. The number of carbonyl (C=O) groups excluding carboxylic acids is 1. The second-order valence-electron chi connectivity index (χ2n) is 6.97. The molecule has 29 heavy (non-hydrogen) atoms. The lowest BCUT2D eigenvalue weighted by Gasteiger charge is -2.33. The number of nitrogens with one attached hydrogen (secondary N) is 1. The van der Waals surface area contributed by atoms with Crippen LogP contribution in [0.5, 0.6) is 0 Å². The Hall–Kier alpha value is -2.64. The SMILES string of the molecule is CCn1cnnc1-c1cccc(NC(=O)[C@H](c2ccccc2)N2CCSCC2)c1. The summed E-state index contributed by atoms with van der Waals surface area (Å²) in [5.41, 5.74) is 2.73. The number of rotatable bonds is 6. The number of aryl methyl sites for hydroxylation is 1. The Morgan fingerprint density at radius 3 is 2.69 bits per heavy atom. The van der Waals surface area contributed by atoms with E-state index in [4.69, 9.17) is 0 Å². The van der Waals surface area contributed by atoms with Gasteiger partial charge in [-0.3, -0.25) is 9.69 Å². The molecular weight excluding hydrogens is 382 g/mol. The van der Waals surface area contributed by atoms with Crippen LogP contribution in [0.3, 0.4) is 0 Å². The third-order valence-corrected chi connectivity index (χ3v) is 6.06. The second kappa shape index (κ2) is 9.24. The number of amides is 1. The molecule has 1 saturated heterocycles. The lowest BCUT2D eigenvalue weighted by molar-refractivity contribution is -0.121. The van der Waals surface area contributed by atoms with E-state index in [0.717, 1.165) is 53.8 Å². The number of thioether (sulfide) groups is 1. The number of hydrogen-bond acceptors (Lipinski definition) is 5. The molecule has 4 rings (SSSR count). The molecule has 1 atom stereocenters. The molecule has 0 saturated carbocycles. The largest absolute Gasteiger partial charge is 0.324 e. The van der Waals surface area contributed by atoms with Crippen molar-refractivity contribution in [2.24, 2.45) is 0 Å². The minimum atomic E-state index is -0.292. The summed E-state index contributed by atoms with van der Waals surface area (Å²) < 4.78 is 1.99. The van der Waals surface area contributed by atoms with Gasteiger partial charge >= 0.3 is 0 Å². The normalized spacial score (nSPS) is 15.8. The van der Waals surface area contributed by atoms with E-state index in [1.807, 2.05) is 70.9 Å². The number of anilines is 1. The van der Waals surface area contributed by atoms with Crippen molar-refractivity contribution >= 4 is 23.4 Å². The average Bonchev–Trinajstić information content (AvgIpc) is 3.25. The van der Waals surface area contributed by atoms with Gasteiger partial charge in [-0.15, -0.1) is 10.2 Å². The second-order valence-corrected chi connectivity index (χ2v) is 8.20. The summed E-state index contributed by atoms with van der Waals surface area (Å²) in [7, 11) is 0. The van der Waals surface area contributed by atoms with E-state index < -0.39 is 0 Å². The van der Waals surface area contributed by atoms with Gasteiger partial charge in [0.1, 0.15) is 12.4 Å². The van der Waals surface area contributed by atoms with E-state index in [-0.39, 0.29) is 11.9 Å². The summed E-state index contributed by atoms with van der Waals surface area (Å²) in [6.45, 7) is 4.68. The first-order valence-corrected chi connectivity index (χ1v) is 11.1. The van der Waals surface area contributed by atoms with Crippen LogP contribution in [0.1, 0.15) is 18.5 Å². The highest BCUT2D eigenvalue weighted by Gasteiger charge is 2.29. The number of carbonyl (C=O) groups is 1. The molecule has 0 unspecified atom stereocenters. The zero-order valence-electron chi connectivity index (χ0n) is 16.5. The molecule has 6 nitrogen and oxygen atoms in total. The van der Waals surface area contributed by atoms with Crippen LogP contribution in [0, 0.1) is 0 Å². The third-order valence-electron chi connectivity index (χ3n) is 5.12. The first kappa shape index (κ1) is 19.7. The molecular formula is C22H25N5OS. The predicted molar refractivity (Wildman–Crippen MR) is 118 cm³/mol. The van der Waals surface area contributed by atoms with E-state index in [9.17, 15) is 4.79 Å². The Morgan fingerprint density at radius 1 is 1.14 bits per heavy atom. The predicted octanol–water partition coefficient (Wildman–Crippen LogP) is 3.69. The van der Waals surface area contributed by atoms with Gasteiger partial charge in [0, 0.05) is 42.4 Å². The zero-order chi connectivity index (χ0) is 20.1. The number of nitrogens with zero attached hydrogens (tertiary/aromatic N) is 4. The van der Waals surface area contributed by atoms with Crippen LogP contribution in [0.2, 0.25) is 0 Å². The van der Waals surface area contributed by atoms with Crippen LogP contribution in [-0.2, 0) is 11.3 Å². The fourth-order valence-corrected chi connectivity index (χ4v) is 4.59. The van der Waals surface area contributed by atoms with Crippen LogP contribution in [0.4, 0.5) is 5.69 Å². The number of aromatic nitrogens is 3. The van der Waals surface area contributed by atoms with Gasteiger partial charge in [0.15, 0.2) is 5.82 Å². The molecule has 1 aliphatic heterocycles. The van der Waals surface area contributed by atoms with Crippen molar-refractivity contribution in [1.82, 2.24) is 19.7 Å². The number of benzene rings is 2. The van der Waals surface area contributed by atoms with Crippen molar-refractivity contribution in [1.29, 1.82) is 0 Å². The lowest BCUT2D eigenvalue weighted by atomic mass is 10.0. The molecule has 7 heteroatoms. The smallest absolute Gasteiger partial charge is 0.246 e. The van der Waals surface area contributed by atoms with Gasteiger partial charge in [-0.25, -0.2) is 0 Å². The molecule has 1 N–H and O–H groups in total. The minimum absolute atomic E-state index is 0.00258. The van der Waals surface area contributed by atoms with Gasteiger partial charge in [-0.05, 0) is 24.6 Å². The Labute approximate surface area is 175 Å². The molecule has 1 fully saturated rings. The molecule has 150 valence electrons. The van der Waals surface area contributed by atoms with Crippen molar-refractivity contribution in [3.63, 3.8) is 0 Å². The maximum absolute atomic E-state index is 13.3. The molecule has 1 aromatic heterocycles. The summed E-state index contributed by atoms with van der Waals surface area (Å²) in [6, 6.07) is 17.6. The topological polar surface area (TPSA) is 63.1 Å².